The summed E-state index contributed by atoms with van der Waals surface area (Å²) in [5.74, 6) is 0.0790. The van der Waals surface area contributed by atoms with Gasteiger partial charge in [0, 0.05) is 40.7 Å². The largest absolute Gasteiger partial charge is 0.334 e. The molecule has 5 aromatic rings. The van der Waals surface area contributed by atoms with Crippen LogP contribution in [0.15, 0.2) is 101 Å². The van der Waals surface area contributed by atoms with Gasteiger partial charge in [-0.25, -0.2) is 12.4 Å². The van der Waals surface area contributed by atoms with Crippen molar-refractivity contribution in [2.75, 3.05) is 0 Å². The Morgan fingerprint density at radius 1 is 0.837 bits per heavy atom. The molecule has 43 heavy (non-hydrogen) atoms. The van der Waals surface area contributed by atoms with Crippen molar-refractivity contribution in [2.45, 2.75) is 56.4 Å². The first-order chi connectivity index (χ1) is 20.7. The van der Waals surface area contributed by atoms with Gasteiger partial charge in [-0.2, -0.15) is 0 Å². The van der Waals surface area contributed by atoms with Gasteiger partial charge in [0.1, 0.15) is 12.6 Å². The fourth-order valence-electron chi connectivity index (χ4n) is 6.86. The summed E-state index contributed by atoms with van der Waals surface area (Å²) in [5, 5.41) is 1.78. The number of nitrogens with zero attached hydrogens (tertiary/aromatic N) is 2. The highest BCUT2D eigenvalue weighted by molar-refractivity contribution is 7.90. The third-order valence-electron chi connectivity index (χ3n) is 8.48. The van der Waals surface area contributed by atoms with Gasteiger partial charge in [-0.3, -0.25) is 0 Å². The van der Waals surface area contributed by atoms with Gasteiger partial charge in [-0.05, 0) is 68.7 Å². The summed E-state index contributed by atoms with van der Waals surface area (Å²) in [5.41, 5.74) is 5.51. The van der Waals surface area contributed by atoms with Crippen LogP contribution in [0.4, 0.5) is 0 Å². The van der Waals surface area contributed by atoms with Gasteiger partial charge >= 0.3 is 0 Å². The third kappa shape index (κ3) is 4.68. The molecule has 0 N–H and O–H groups in total. The first-order valence-electron chi connectivity index (χ1n) is 14.5. The number of aldehydes is 2. The molecule has 1 aliphatic heterocycles. The van der Waals surface area contributed by atoms with Crippen LogP contribution in [0.1, 0.15) is 55.6 Å². The quantitative estimate of drug-likeness (QED) is 0.134. The normalized spacial score (nSPS) is 18.3. The molecule has 3 aromatic carbocycles. The Kier molecular flexibility index (Phi) is 7.30. The van der Waals surface area contributed by atoms with E-state index in [1.54, 1.807) is 36.4 Å². The van der Waals surface area contributed by atoms with Gasteiger partial charge in [-0.1, -0.05) is 72.3 Å². The van der Waals surface area contributed by atoms with Gasteiger partial charge in [-0.15, -0.1) is 0 Å². The van der Waals surface area contributed by atoms with E-state index in [2.05, 4.69) is 49.6 Å². The Labute approximate surface area is 252 Å². The van der Waals surface area contributed by atoms with E-state index in [4.69, 9.17) is 0 Å². The smallest absolute Gasteiger partial charge is 0.268 e. The Balaban J connectivity index is 1.62. The number of hydrogen-bond acceptors (Lipinski definition) is 4. The summed E-state index contributed by atoms with van der Waals surface area (Å²) in [6.45, 7) is 6.31. The molecule has 0 saturated heterocycles. The van der Waals surface area contributed by atoms with Crippen molar-refractivity contribution in [3.05, 3.63) is 119 Å². The van der Waals surface area contributed by atoms with Gasteiger partial charge in [0.05, 0.1) is 21.6 Å². The molecule has 0 fully saturated rings. The van der Waals surface area contributed by atoms with Crippen LogP contribution in [-0.2, 0) is 38.0 Å². The highest BCUT2D eigenvalue weighted by atomic mass is 32.2. The average Bonchev–Trinajstić information content (AvgIpc) is 3.60. The van der Waals surface area contributed by atoms with E-state index in [1.165, 1.54) is 9.55 Å². The predicted octanol–water partition coefficient (Wildman–Crippen LogP) is 7.20. The minimum atomic E-state index is -3.99. The molecule has 218 valence electrons. The lowest BCUT2D eigenvalue weighted by Crippen LogP contribution is -2.23. The summed E-state index contributed by atoms with van der Waals surface area (Å²) in [6, 6.07) is 23.9. The summed E-state index contributed by atoms with van der Waals surface area (Å²) in [6.07, 6.45) is 9.14. The van der Waals surface area contributed by atoms with Crippen molar-refractivity contribution >= 4 is 50.5 Å². The van der Waals surface area contributed by atoms with Crippen LogP contribution in [0.5, 0.6) is 0 Å². The van der Waals surface area contributed by atoms with Crippen LogP contribution in [0.2, 0.25) is 0 Å². The van der Waals surface area contributed by atoms with Crippen LogP contribution in [0, 0.1) is 0 Å². The van der Waals surface area contributed by atoms with E-state index in [9.17, 15) is 18.0 Å². The van der Waals surface area contributed by atoms with Crippen molar-refractivity contribution in [1.29, 1.82) is 0 Å². The molecule has 0 unspecified atom stereocenters. The van der Waals surface area contributed by atoms with Crippen molar-refractivity contribution in [1.82, 2.24) is 8.54 Å². The van der Waals surface area contributed by atoms with Crippen LogP contribution in [-0.4, -0.2) is 29.5 Å². The minimum absolute atomic E-state index is 0.0790. The highest BCUT2D eigenvalue weighted by Gasteiger charge is 2.41. The van der Waals surface area contributed by atoms with Crippen LogP contribution < -0.4 is 0 Å². The van der Waals surface area contributed by atoms with E-state index in [1.807, 2.05) is 36.4 Å². The second kappa shape index (κ2) is 11.0. The van der Waals surface area contributed by atoms with Crippen LogP contribution >= 0.6 is 0 Å². The summed E-state index contributed by atoms with van der Waals surface area (Å²) < 4.78 is 32.1. The summed E-state index contributed by atoms with van der Waals surface area (Å²) in [7, 11) is -3.99. The minimum Gasteiger partial charge on any atom is -0.334 e. The first kappa shape index (κ1) is 28.6. The van der Waals surface area contributed by atoms with Crippen LogP contribution in [0.25, 0.3) is 27.9 Å². The fraction of sp³-hybridized carbons (Fsp3) is 0.222. The molecule has 0 saturated carbocycles. The molecule has 1 aliphatic rings. The maximum Gasteiger partial charge on any atom is 0.268 e. The monoisotopic (exact) mass is 590 g/mol. The molecule has 0 radical (unpaired) electrons. The number of allylic oxidation sites excluding steroid dienone is 3. The van der Waals surface area contributed by atoms with E-state index in [0.717, 1.165) is 46.5 Å². The summed E-state index contributed by atoms with van der Waals surface area (Å²) >= 11 is 0. The Morgan fingerprint density at radius 3 is 2.07 bits per heavy atom. The number of carbonyl (C=O) groups excluding carboxylic acids is 2. The van der Waals surface area contributed by atoms with E-state index >= 15 is 0 Å². The molecule has 3 heterocycles. The number of benzene rings is 3. The third-order valence-corrected chi connectivity index (χ3v) is 10.2. The number of rotatable bonds is 9. The second-order valence-electron chi connectivity index (χ2n) is 11.7. The highest BCUT2D eigenvalue weighted by Crippen LogP contribution is 2.49. The zero-order valence-corrected chi connectivity index (χ0v) is 25.3. The molecular weight excluding hydrogens is 556 g/mol. The molecule has 7 heteroatoms. The van der Waals surface area contributed by atoms with Crippen molar-refractivity contribution in [3.63, 3.8) is 0 Å². The van der Waals surface area contributed by atoms with Gasteiger partial charge < -0.3 is 14.2 Å². The first-order valence-corrected chi connectivity index (χ1v) is 15.9. The van der Waals surface area contributed by atoms with Gasteiger partial charge in [0.15, 0.2) is 0 Å². The SMILES string of the molecule is CC(C)=C[C@H]1C[C@](C)(/C=C/c2c(CC=O)c3ccccc3n2S(=O)(=O)c2ccccc2)n2c1c(CC=O)c1ccccc12. The van der Waals surface area contributed by atoms with E-state index in [0.29, 0.717) is 23.2 Å². The molecule has 2 aromatic heterocycles. The average molecular weight is 591 g/mol. The Bertz CT molecular complexity index is 2040. The molecule has 0 amide bonds. The maximum atomic E-state index is 14.2. The fourth-order valence-corrected chi connectivity index (χ4v) is 8.42. The Hall–Kier alpha value is -4.49. The number of fused-ring (bicyclic) bond motifs is 4. The zero-order valence-electron chi connectivity index (χ0n) is 24.5. The van der Waals surface area contributed by atoms with Crippen molar-refractivity contribution in [3.8, 4) is 0 Å². The molecule has 0 spiro atoms. The molecule has 0 aliphatic carbocycles. The number of carbonyl (C=O) groups is 2. The number of para-hydroxylation sites is 2. The predicted molar refractivity (Wildman–Crippen MR) is 172 cm³/mol. The summed E-state index contributed by atoms with van der Waals surface area (Å²) in [4.78, 5) is 23.9. The maximum absolute atomic E-state index is 14.2. The number of aromatic nitrogens is 2. The lowest BCUT2D eigenvalue weighted by Gasteiger charge is -2.25. The molecule has 6 rings (SSSR count). The standard InChI is InChI=1S/C36H34N2O4S/c1-25(2)23-26-24-36(3,37-32-15-9-7-14-29(32)31(19-22-40)35(26)37)20-17-34-30(18-21-39)28-13-8-10-16-33(28)38(34)43(41,42)27-11-5-4-6-12-27/h4-17,20-23,26H,18-19,24H2,1-3H3/b20-17+/t26-,36-/m0/s1. The second-order valence-corrected chi connectivity index (χ2v) is 13.5. The lowest BCUT2D eigenvalue weighted by molar-refractivity contribution is -0.108. The molecule has 2 atom stereocenters. The topological polar surface area (TPSA) is 78.1 Å². The van der Waals surface area contributed by atoms with Gasteiger partial charge in [0.2, 0.25) is 0 Å². The Morgan fingerprint density at radius 2 is 1.42 bits per heavy atom. The number of hydrogen-bond donors (Lipinski definition) is 0. The lowest BCUT2D eigenvalue weighted by atomic mass is 9.88. The van der Waals surface area contributed by atoms with Crippen molar-refractivity contribution in [2.24, 2.45) is 0 Å². The van der Waals surface area contributed by atoms with E-state index in [-0.39, 0.29) is 17.2 Å². The van der Waals surface area contributed by atoms with Crippen LogP contribution in [0.3, 0.4) is 0 Å². The zero-order chi connectivity index (χ0) is 30.4. The molecule has 0 bridgehead atoms. The molecular formula is C36H34N2O4S. The van der Waals surface area contributed by atoms with Crippen molar-refractivity contribution < 1.29 is 18.0 Å². The van der Waals surface area contributed by atoms with E-state index < -0.39 is 15.6 Å². The molecule has 6 nitrogen and oxygen atoms in total. The van der Waals surface area contributed by atoms with Gasteiger partial charge in [0.25, 0.3) is 10.0 Å².